The number of halogens is 4. The van der Waals surface area contributed by atoms with Crippen LogP contribution in [0.15, 0.2) is 36.5 Å². The predicted octanol–water partition coefficient (Wildman–Crippen LogP) is 4.35. The van der Waals surface area contributed by atoms with E-state index in [0.717, 1.165) is 41.5 Å². The number of hydrogen-bond donors (Lipinski definition) is 0. The molecule has 0 saturated carbocycles. The minimum atomic E-state index is -6.00. The summed E-state index contributed by atoms with van der Waals surface area (Å²) in [5, 5.41) is 0. The summed E-state index contributed by atoms with van der Waals surface area (Å²) in [6, 6.07) is 10.3. The number of aromatic nitrogens is 3. The lowest BCUT2D eigenvalue weighted by Gasteiger charge is -2.17. The first kappa shape index (κ1) is 21.4. The molecule has 0 fully saturated rings. The molecule has 0 aliphatic carbocycles. The second-order valence-corrected chi connectivity index (χ2v) is 7.19. The Morgan fingerprint density at radius 2 is 1.90 bits per heavy atom. The summed E-state index contributed by atoms with van der Waals surface area (Å²) < 4.78 is 54.4. The van der Waals surface area contributed by atoms with E-state index in [1.807, 2.05) is 12.1 Å². The molecule has 1 aliphatic heterocycles. The number of methoxy groups -OCH3 is 1. The zero-order chi connectivity index (χ0) is 21.0. The van der Waals surface area contributed by atoms with Gasteiger partial charge in [-0.15, -0.1) is 0 Å². The van der Waals surface area contributed by atoms with E-state index in [4.69, 9.17) is 14.5 Å². The summed E-state index contributed by atoms with van der Waals surface area (Å²) in [6.07, 6.45) is 2.95. The van der Waals surface area contributed by atoms with Gasteiger partial charge in [-0.25, -0.2) is 4.57 Å². The molecule has 5 nitrogen and oxygen atoms in total. The summed E-state index contributed by atoms with van der Waals surface area (Å²) in [4.78, 5) is 4.80. The van der Waals surface area contributed by atoms with Crippen LogP contribution >= 0.6 is 11.9 Å². The smallest absolute Gasteiger partial charge is 0.493 e. The number of fused-ring (bicyclic) bond motifs is 5. The van der Waals surface area contributed by atoms with Gasteiger partial charge in [0.1, 0.15) is 11.4 Å². The van der Waals surface area contributed by atoms with Gasteiger partial charge in [0.15, 0.2) is 11.0 Å². The van der Waals surface area contributed by atoms with Gasteiger partial charge in [-0.05, 0) is 19.1 Å². The Labute approximate surface area is 169 Å². The Balaban J connectivity index is 0.000000431. The van der Waals surface area contributed by atoms with Gasteiger partial charge in [-0.3, -0.25) is 0 Å². The van der Waals surface area contributed by atoms with Crippen molar-refractivity contribution in [1.82, 2.24) is 8.96 Å². The molecule has 0 radical (unpaired) electrons. The van der Waals surface area contributed by atoms with E-state index in [2.05, 4.69) is 39.9 Å². The molecule has 0 atom stereocenters. The third-order valence-electron chi connectivity index (χ3n) is 4.27. The van der Waals surface area contributed by atoms with Crippen LogP contribution < -0.4 is 9.30 Å². The fourth-order valence-electron chi connectivity index (χ4n) is 2.98. The highest BCUT2D eigenvalue weighted by molar-refractivity contribution is 7.97. The van der Waals surface area contributed by atoms with Gasteiger partial charge in [0.25, 0.3) is 0 Å². The van der Waals surface area contributed by atoms with Crippen molar-refractivity contribution in [2.75, 3.05) is 20.3 Å². The van der Waals surface area contributed by atoms with Gasteiger partial charge < -0.3 is 26.7 Å². The fraction of sp³-hybridized carbons (Fsp3) is 0.333. The first-order valence-electron chi connectivity index (χ1n) is 8.94. The number of hydrogen-bond acceptors (Lipinski definition) is 4. The minimum absolute atomic E-state index is 0.670. The molecular formula is C18H20BF4N3O2S. The fourth-order valence-corrected chi connectivity index (χ4v) is 4.13. The second-order valence-electron chi connectivity index (χ2n) is 6.28. The number of imidazole rings is 1. The third-order valence-corrected chi connectivity index (χ3v) is 5.29. The highest BCUT2D eigenvalue weighted by Gasteiger charge is 2.30. The van der Waals surface area contributed by atoms with Crippen molar-refractivity contribution >= 4 is 30.2 Å². The maximum absolute atomic E-state index is 9.75. The second kappa shape index (κ2) is 9.04. The Morgan fingerprint density at radius 1 is 1.17 bits per heavy atom. The SMILES string of the molecule is COCCCOc1cc[n+]2c(c1C)CSn1c-2nc2ccccc21.F[B-](F)(F)F. The third kappa shape index (κ3) is 5.21. The molecule has 2 aromatic heterocycles. The largest absolute Gasteiger partial charge is 0.673 e. The molecule has 1 aliphatic rings. The van der Waals surface area contributed by atoms with Crippen molar-refractivity contribution < 1.29 is 31.3 Å². The van der Waals surface area contributed by atoms with E-state index in [1.54, 1.807) is 19.1 Å². The van der Waals surface area contributed by atoms with E-state index in [9.17, 15) is 17.3 Å². The minimum Gasteiger partial charge on any atom is -0.493 e. The lowest BCUT2D eigenvalue weighted by atomic mass is 10.2. The van der Waals surface area contributed by atoms with Crippen LogP contribution in [0.2, 0.25) is 0 Å². The van der Waals surface area contributed by atoms with Crippen molar-refractivity contribution in [3.05, 3.63) is 47.8 Å². The molecule has 156 valence electrons. The van der Waals surface area contributed by atoms with Crippen molar-refractivity contribution in [2.24, 2.45) is 0 Å². The lowest BCUT2D eigenvalue weighted by molar-refractivity contribution is -0.612. The van der Waals surface area contributed by atoms with Crippen LogP contribution in [0.5, 0.6) is 5.75 Å². The zero-order valence-electron chi connectivity index (χ0n) is 15.9. The molecule has 0 unspecified atom stereocenters. The number of rotatable bonds is 5. The van der Waals surface area contributed by atoms with Crippen LogP contribution in [-0.4, -0.2) is 36.5 Å². The van der Waals surface area contributed by atoms with Crippen molar-refractivity contribution in [2.45, 2.75) is 19.1 Å². The average Bonchev–Trinajstić information content (AvgIpc) is 3.04. The van der Waals surface area contributed by atoms with Crippen molar-refractivity contribution in [3.8, 4) is 11.7 Å². The van der Waals surface area contributed by atoms with Gasteiger partial charge >= 0.3 is 13.2 Å². The van der Waals surface area contributed by atoms with Crippen LogP contribution in [0, 0.1) is 6.92 Å². The molecule has 1 aromatic carbocycles. The van der Waals surface area contributed by atoms with Gasteiger partial charge in [0.2, 0.25) is 0 Å². The zero-order valence-corrected chi connectivity index (χ0v) is 16.8. The standard InChI is InChI=1S/C18H20N3O2S.BF4/c1-13-16-12-24-21-15-7-4-3-6-14(15)19-18(21)20(16)9-8-17(13)23-11-5-10-22-2;2-1(3,4)5/h3-4,6-9H,5,10-12H2,1-2H3;/q+1;-1. The molecule has 0 bridgehead atoms. The van der Waals surface area contributed by atoms with Crippen molar-refractivity contribution in [3.63, 3.8) is 0 Å². The van der Waals surface area contributed by atoms with Gasteiger partial charge in [0.05, 0.1) is 18.6 Å². The summed E-state index contributed by atoms with van der Waals surface area (Å²) in [5.74, 6) is 2.80. The summed E-state index contributed by atoms with van der Waals surface area (Å²) in [6.45, 7) is 3.51. The normalized spacial score (nSPS) is 12.8. The van der Waals surface area contributed by atoms with Gasteiger partial charge in [0, 0.05) is 43.7 Å². The van der Waals surface area contributed by atoms with E-state index in [0.29, 0.717) is 6.61 Å². The monoisotopic (exact) mass is 429 g/mol. The summed E-state index contributed by atoms with van der Waals surface area (Å²) in [5.41, 5.74) is 4.61. The first-order chi connectivity index (χ1) is 13.8. The summed E-state index contributed by atoms with van der Waals surface area (Å²) >= 11 is 1.78. The molecule has 0 N–H and O–H groups in total. The van der Waals surface area contributed by atoms with Gasteiger partial charge in [-0.1, -0.05) is 17.1 Å². The van der Waals surface area contributed by atoms with E-state index >= 15 is 0 Å². The number of ether oxygens (including phenoxy) is 2. The van der Waals surface area contributed by atoms with E-state index < -0.39 is 7.25 Å². The molecule has 3 aromatic rings. The predicted molar refractivity (Wildman–Crippen MR) is 105 cm³/mol. The molecule has 0 amide bonds. The topological polar surface area (TPSA) is 40.2 Å². The molecule has 0 saturated heterocycles. The Hall–Kier alpha value is -2.27. The molecule has 11 heteroatoms. The summed E-state index contributed by atoms with van der Waals surface area (Å²) in [7, 11) is -4.29. The lowest BCUT2D eigenvalue weighted by Crippen LogP contribution is -2.41. The Morgan fingerprint density at radius 3 is 2.62 bits per heavy atom. The maximum Gasteiger partial charge on any atom is 0.673 e. The van der Waals surface area contributed by atoms with Crippen molar-refractivity contribution in [1.29, 1.82) is 0 Å². The van der Waals surface area contributed by atoms with E-state index in [-0.39, 0.29) is 0 Å². The Bertz CT molecular complexity index is 991. The average molecular weight is 429 g/mol. The molecule has 0 spiro atoms. The van der Waals surface area contributed by atoms with Crippen LogP contribution in [-0.2, 0) is 10.5 Å². The van der Waals surface area contributed by atoms with Crippen LogP contribution in [0.3, 0.4) is 0 Å². The molecular weight excluding hydrogens is 409 g/mol. The quantitative estimate of drug-likeness (QED) is 0.262. The number of benzene rings is 1. The van der Waals surface area contributed by atoms with Gasteiger partial charge in [-0.2, -0.15) is 3.97 Å². The number of para-hydroxylation sites is 2. The van der Waals surface area contributed by atoms with Crippen LogP contribution in [0.1, 0.15) is 17.7 Å². The molecule has 4 rings (SSSR count). The Kier molecular flexibility index (Phi) is 6.68. The highest BCUT2D eigenvalue weighted by atomic mass is 32.2. The highest BCUT2D eigenvalue weighted by Crippen LogP contribution is 2.31. The molecule has 29 heavy (non-hydrogen) atoms. The molecule has 3 heterocycles. The maximum atomic E-state index is 9.75. The van der Waals surface area contributed by atoms with Crippen LogP contribution in [0.25, 0.3) is 17.0 Å². The first-order valence-corrected chi connectivity index (χ1v) is 9.88. The van der Waals surface area contributed by atoms with Crippen LogP contribution in [0.4, 0.5) is 17.3 Å². The number of nitrogens with zero attached hydrogens (tertiary/aromatic N) is 3. The van der Waals surface area contributed by atoms with E-state index in [1.165, 1.54) is 11.3 Å². The number of pyridine rings is 1.